The van der Waals surface area contributed by atoms with Crippen LogP contribution in [0.2, 0.25) is 0 Å². The van der Waals surface area contributed by atoms with Crippen molar-refractivity contribution in [3.8, 4) is 0 Å². The fourth-order valence-electron chi connectivity index (χ4n) is 2.67. The molecule has 0 aliphatic heterocycles. The number of unbranched alkanes of at least 4 members (excludes halogenated alkanes) is 2. The Morgan fingerprint density at radius 2 is 1.47 bits per heavy atom. The van der Waals surface area contributed by atoms with E-state index in [2.05, 4.69) is 27.7 Å². The Labute approximate surface area is 107 Å². The summed E-state index contributed by atoms with van der Waals surface area (Å²) in [5, 5.41) is 11.4. The van der Waals surface area contributed by atoms with Crippen LogP contribution >= 0.6 is 0 Å². The van der Waals surface area contributed by atoms with Crippen molar-refractivity contribution in [2.75, 3.05) is 0 Å². The highest BCUT2D eigenvalue weighted by Gasteiger charge is 2.38. The van der Waals surface area contributed by atoms with Gasteiger partial charge in [0.05, 0.1) is 5.92 Å². The molecule has 1 unspecified atom stereocenters. The van der Waals surface area contributed by atoms with Gasteiger partial charge in [-0.05, 0) is 24.7 Å². The average molecular weight is 241 g/mol. The Bertz CT molecular complexity index is 203. The van der Waals surface area contributed by atoms with E-state index in [0.717, 1.165) is 51.4 Å². The van der Waals surface area contributed by atoms with E-state index in [0.29, 0.717) is 0 Å². The van der Waals surface area contributed by atoms with E-state index in [1.165, 1.54) is 0 Å². The summed E-state index contributed by atoms with van der Waals surface area (Å²) in [6.45, 7) is 8.52. The molecule has 0 spiro atoms. The van der Waals surface area contributed by atoms with Crippen molar-refractivity contribution in [1.29, 1.82) is 0 Å². The van der Waals surface area contributed by atoms with Crippen LogP contribution < -0.4 is 0 Å². The zero-order valence-corrected chi connectivity index (χ0v) is 12.1. The van der Waals surface area contributed by atoms with Gasteiger partial charge in [-0.1, -0.05) is 59.8 Å². The predicted octanol–water partition coefficient (Wildman–Crippen LogP) is 4.75. The first-order valence-corrected chi connectivity index (χ1v) is 7.22. The standard InChI is InChI=1S/C15H29O2/c1-5-8-11-15(4,12-9-6-2)13(10-7-3)14(16)17/h13H,5-12H2,1-4H3. The van der Waals surface area contributed by atoms with Gasteiger partial charge >= 0.3 is 5.97 Å². The van der Waals surface area contributed by atoms with Crippen LogP contribution in [0, 0.1) is 11.3 Å². The highest BCUT2D eigenvalue weighted by atomic mass is 16.4. The van der Waals surface area contributed by atoms with Gasteiger partial charge in [0.1, 0.15) is 0 Å². The molecule has 0 aliphatic carbocycles. The molecule has 1 atom stereocenters. The van der Waals surface area contributed by atoms with Crippen LogP contribution in [0.5, 0.6) is 0 Å². The molecule has 0 bridgehead atoms. The summed E-state index contributed by atoms with van der Waals surface area (Å²) in [6.07, 6.45) is 8.21. The number of carbonyl (C=O) groups is 1. The molecular formula is C15H29O2. The summed E-state index contributed by atoms with van der Waals surface area (Å²) in [4.78, 5) is 11.4. The van der Waals surface area contributed by atoms with Crippen molar-refractivity contribution in [3.05, 3.63) is 0 Å². The monoisotopic (exact) mass is 241 g/mol. The SMILES string of the molecule is CCCCC(C)(CCCC)C(CCC)C([O])=O. The van der Waals surface area contributed by atoms with Gasteiger partial charge in [0, 0.05) is 0 Å². The second-order valence-corrected chi connectivity index (χ2v) is 5.52. The summed E-state index contributed by atoms with van der Waals surface area (Å²) in [6, 6.07) is 0. The lowest BCUT2D eigenvalue weighted by atomic mass is 9.68. The zero-order valence-electron chi connectivity index (χ0n) is 12.1. The number of rotatable bonds is 10. The molecule has 0 aliphatic rings. The van der Waals surface area contributed by atoms with Crippen molar-refractivity contribution in [2.45, 2.75) is 79.1 Å². The zero-order chi connectivity index (χ0) is 13.3. The van der Waals surface area contributed by atoms with Crippen LogP contribution in [-0.2, 0) is 9.90 Å². The van der Waals surface area contributed by atoms with Gasteiger partial charge < -0.3 is 0 Å². The van der Waals surface area contributed by atoms with E-state index < -0.39 is 5.97 Å². The third-order valence-electron chi connectivity index (χ3n) is 3.91. The molecule has 0 saturated carbocycles. The van der Waals surface area contributed by atoms with Crippen molar-refractivity contribution in [1.82, 2.24) is 0 Å². The van der Waals surface area contributed by atoms with Crippen molar-refractivity contribution in [2.24, 2.45) is 11.3 Å². The molecule has 0 aromatic carbocycles. The lowest BCUT2D eigenvalue weighted by molar-refractivity contribution is -0.153. The molecule has 0 rings (SSSR count). The van der Waals surface area contributed by atoms with Crippen LogP contribution in [0.1, 0.15) is 79.1 Å². The summed E-state index contributed by atoms with van der Waals surface area (Å²) >= 11 is 0. The molecule has 2 nitrogen and oxygen atoms in total. The second kappa shape index (κ2) is 8.54. The number of hydrogen-bond acceptors (Lipinski definition) is 1. The van der Waals surface area contributed by atoms with Gasteiger partial charge in [-0.15, -0.1) is 0 Å². The number of hydrogen-bond donors (Lipinski definition) is 0. The maximum atomic E-state index is 11.4. The first-order chi connectivity index (χ1) is 8.01. The molecule has 0 fully saturated rings. The third kappa shape index (κ3) is 5.56. The quantitative estimate of drug-likeness (QED) is 0.544. The van der Waals surface area contributed by atoms with E-state index >= 15 is 0 Å². The molecular weight excluding hydrogens is 212 g/mol. The molecule has 0 heterocycles. The Kier molecular flexibility index (Phi) is 8.28. The maximum absolute atomic E-state index is 11.4. The molecule has 0 aromatic rings. The van der Waals surface area contributed by atoms with Gasteiger partial charge in [0.2, 0.25) is 0 Å². The Hall–Kier alpha value is -0.530. The molecule has 0 aromatic heterocycles. The topological polar surface area (TPSA) is 37.0 Å². The summed E-state index contributed by atoms with van der Waals surface area (Å²) in [5.41, 5.74) is -0.0686. The highest BCUT2D eigenvalue weighted by molar-refractivity contribution is 5.70. The first-order valence-electron chi connectivity index (χ1n) is 7.22. The van der Waals surface area contributed by atoms with Crippen LogP contribution in [0.3, 0.4) is 0 Å². The highest BCUT2D eigenvalue weighted by Crippen LogP contribution is 2.41. The van der Waals surface area contributed by atoms with Crippen molar-refractivity contribution >= 4 is 5.97 Å². The molecule has 0 amide bonds. The van der Waals surface area contributed by atoms with Crippen LogP contribution in [-0.4, -0.2) is 5.97 Å². The smallest absolute Gasteiger partial charge is 0.247 e. The Morgan fingerprint density at radius 1 is 1.00 bits per heavy atom. The Balaban J connectivity index is 4.74. The van der Waals surface area contributed by atoms with Gasteiger partial charge in [-0.3, -0.25) is 0 Å². The van der Waals surface area contributed by atoms with Crippen molar-refractivity contribution < 1.29 is 9.90 Å². The van der Waals surface area contributed by atoms with E-state index in [1.54, 1.807) is 0 Å². The normalized spacial score (nSPS) is 13.6. The Morgan fingerprint density at radius 3 is 1.76 bits per heavy atom. The second-order valence-electron chi connectivity index (χ2n) is 5.52. The molecule has 17 heavy (non-hydrogen) atoms. The fourth-order valence-corrected chi connectivity index (χ4v) is 2.67. The molecule has 101 valence electrons. The van der Waals surface area contributed by atoms with Gasteiger partial charge in [0.15, 0.2) is 0 Å². The fraction of sp³-hybridized carbons (Fsp3) is 0.933. The van der Waals surface area contributed by atoms with Crippen LogP contribution in [0.4, 0.5) is 0 Å². The first kappa shape index (κ1) is 16.5. The minimum absolute atomic E-state index is 0.0686. The number of carbonyl (C=O) groups excluding carboxylic acids is 1. The van der Waals surface area contributed by atoms with E-state index in [-0.39, 0.29) is 11.3 Å². The van der Waals surface area contributed by atoms with Gasteiger partial charge in [-0.2, -0.15) is 0 Å². The van der Waals surface area contributed by atoms with Gasteiger partial charge in [0.25, 0.3) is 0 Å². The van der Waals surface area contributed by atoms with E-state index in [4.69, 9.17) is 0 Å². The van der Waals surface area contributed by atoms with E-state index in [1.807, 2.05) is 0 Å². The van der Waals surface area contributed by atoms with Crippen LogP contribution in [0.25, 0.3) is 0 Å². The van der Waals surface area contributed by atoms with Gasteiger partial charge in [-0.25, -0.2) is 9.90 Å². The van der Waals surface area contributed by atoms with Crippen molar-refractivity contribution in [3.63, 3.8) is 0 Å². The average Bonchev–Trinajstić information content (AvgIpc) is 2.30. The third-order valence-corrected chi connectivity index (χ3v) is 3.91. The molecule has 2 heteroatoms. The lowest BCUT2D eigenvalue weighted by Gasteiger charge is -2.35. The van der Waals surface area contributed by atoms with Crippen LogP contribution in [0.15, 0.2) is 0 Å². The minimum Gasteiger partial charge on any atom is -0.247 e. The molecule has 1 radical (unpaired) electrons. The minimum atomic E-state index is -0.846. The summed E-state index contributed by atoms with van der Waals surface area (Å²) < 4.78 is 0. The molecule has 0 N–H and O–H groups in total. The maximum Gasteiger partial charge on any atom is 0.359 e. The van der Waals surface area contributed by atoms with E-state index in [9.17, 15) is 9.90 Å². The summed E-state index contributed by atoms with van der Waals surface area (Å²) in [7, 11) is 0. The largest absolute Gasteiger partial charge is 0.359 e. The lowest BCUT2D eigenvalue weighted by Crippen LogP contribution is -2.33. The predicted molar refractivity (Wildman–Crippen MR) is 71.2 cm³/mol. The molecule has 0 saturated heterocycles. The summed E-state index contributed by atoms with van der Waals surface area (Å²) in [5.74, 6) is -1.12.